The highest BCUT2D eigenvalue weighted by Gasteiger charge is 2.11. The molecule has 2 aromatic rings. The van der Waals surface area contributed by atoms with Crippen molar-refractivity contribution >= 4 is 33.0 Å². The SMILES string of the molecule is Nc1ccc(Br)cc1Nc1ccc2c(c1)OCCCO2. The van der Waals surface area contributed by atoms with Crippen LogP contribution in [-0.2, 0) is 0 Å². The second-order valence-corrected chi connectivity index (χ2v) is 5.48. The number of anilines is 3. The van der Waals surface area contributed by atoms with Crippen LogP contribution in [0.2, 0.25) is 0 Å². The maximum absolute atomic E-state index is 5.96. The topological polar surface area (TPSA) is 56.5 Å². The molecule has 0 bridgehead atoms. The van der Waals surface area contributed by atoms with Gasteiger partial charge in [-0.15, -0.1) is 0 Å². The third kappa shape index (κ3) is 2.82. The molecule has 4 nitrogen and oxygen atoms in total. The lowest BCUT2D eigenvalue weighted by Crippen LogP contribution is -1.98. The van der Waals surface area contributed by atoms with Crippen LogP contribution in [0.5, 0.6) is 11.5 Å². The Kier molecular flexibility index (Phi) is 3.69. The molecule has 0 amide bonds. The van der Waals surface area contributed by atoms with Gasteiger partial charge >= 0.3 is 0 Å². The molecule has 3 rings (SSSR count). The average molecular weight is 335 g/mol. The van der Waals surface area contributed by atoms with Crippen LogP contribution in [0.4, 0.5) is 17.1 Å². The first-order valence-electron chi connectivity index (χ1n) is 6.44. The largest absolute Gasteiger partial charge is 0.490 e. The van der Waals surface area contributed by atoms with Gasteiger partial charge in [0.15, 0.2) is 11.5 Å². The first kappa shape index (κ1) is 13.1. The Morgan fingerprint density at radius 2 is 1.80 bits per heavy atom. The first-order valence-corrected chi connectivity index (χ1v) is 7.23. The number of fused-ring (bicyclic) bond motifs is 1. The number of nitrogens with two attached hydrogens (primary N) is 1. The van der Waals surface area contributed by atoms with Crippen molar-refractivity contribution in [1.29, 1.82) is 0 Å². The van der Waals surface area contributed by atoms with E-state index in [1.165, 1.54) is 0 Å². The van der Waals surface area contributed by atoms with Crippen LogP contribution in [0.25, 0.3) is 0 Å². The molecule has 20 heavy (non-hydrogen) atoms. The van der Waals surface area contributed by atoms with Gasteiger partial charge in [0, 0.05) is 22.6 Å². The molecule has 0 fully saturated rings. The Bertz CT molecular complexity index is 631. The van der Waals surface area contributed by atoms with Crippen molar-refractivity contribution < 1.29 is 9.47 Å². The van der Waals surface area contributed by atoms with Crippen molar-refractivity contribution in [2.24, 2.45) is 0 Å². The molecule has 3 N–H and O–H groups in total. The van der Waals surface area contributed by atoms with Gasteiger partial charge in [0.05, 0.1) is 24.6 Å². The van der Waals surface area contributed by atoms with Gasteiger partial charge in [-0.25, -0.2) is 0 Å². The van der Waals surface area contributed by atoms with E-state index < -0.39 is 0 Å². The monoisotopic (exact) mass is 334 g/mol. The zero-order valence-corrected chi connectivity index (χ0v) is 12.4. The fraction of sp³-hybridized carbons (Fsp3) is 0.200. The number of benzene rings is 2. The van der Waals surface area contributed by atoms with E-state index in [4.69, 9.17) is 15.2 Å². The molecular weight excluding hydrogens is 320 g/mol. The van der Waals surface area contributed by atoms with Crippen molar-refractivity contribution in [2.75, 3.05) is 24.3 Å². The first-order chi connectivity index (χ1) is 9.72. The van der Waals surface area contributed by atoms with Crippen LogP contribution in [0.1, 0.15) is 6.42 Å². The summed E-state index contributed by atoms with van der Waals surface area (Å²) in [6, 6.07) is 11.5. The minimum atomic E-state index is 0.676. The van der Waals surface area contributed by atoms with Gasteiger partial charge in [0.1, 0.15) is 0 Å². The smallest absolute Gasteiger partial charge is 0.163 e. The predicted molar refractivity (Wildman–Crippen MR) is 83.9 cm³/mol. The van der Waals surface area contributed by atoms with Gasteiger partial charge in [-0.2, -0.15) is 0 Å². The van der Waals surface area contributed by atoms with Gasteiger partial charge in [-0.1, -0.05) is 15.9 Å². The number of ether oxygens (including phenoxy) is 2. The molecule has 0 saturated heterocycles. The Morgan fingerprint density at radius 3 is 2.65 bits per heavy atom. The van der Waals surface area contributed by atoms with E-state index in [2.05, 4.69) is 21.2 Å². The summed E-state index contributed by atoms with van der Waals surface area (Å²) in [5, 5.41) is 3.29. The lowest BCUT2D eigenvalue weighted by atomic mass is 10.2. The van der Waals surface area contributed by atoms with Crippen molar-refractivity contribution in [3.63, 3.8) is 0 Å². The lowest BCUT2D eigenvalue weighted by Gasteiger charge is -2.12. The summed E-state index contributed by atoms with van der Waals surface area (Å²) in [6.07, 6.45) is 0.899. The van der Waals surface area contributed by atoms with E-state index in [1.807, 2.05) is 36.4 Å². The zero-order valence-electron chi connectivity index (χ0n) is 10.9. The molecule has 1 aliphatic rings. The molecule has 0 atom stereocenters. The third-order valence-electron chi connectivity index (χ3n) is 3.04. The van der Waals surface area contributed by atoms with Crippen LogP contribution >= 0.6 is 15.9 Å². The molecule has 0 spiro atoms. The normalized spacial score (nSPS) is 13.7. The van der Waals surface area contributed by atoms with Crippen LogP contribution in [0.15, 0.2) is 40.9 Å². The summed E-state index contributed by atoms with van der Waals surface area (Å²) < 4.78 is 12.3. The van der Waals surface area contributed by atoms with Gasteiger partial charge in [0.25, 0.3) is 0 Å². The molecule has 0 aromatic heterocycles. The molecule has 0 radical (unpaired) electrons. The Balaban J connectivity index is 1.87. The molecule has 1 aliphatic heterocycles. The highest BCUT2D eigenvalue weighted by atomic mass is 79.9. The second-order valence-electron chi connectivity index (χ2n) is 4.57. The summed E-state index contributed by atoms with van der Waals surface area (Å²) >= 11 is 3.44. The summed E-state index contributed by atoms with van der Waals surface area (Å²) in [5.41, 5.74) is 8.43. The Hall–Kier alpha value is -1.88. The lowest BCUT2D eigenvalue weighted by molar-refractivity contribution is 0.297. The quantitative estimate of drug-likeness (QED) is 0.817. The number of rotatable bonds is 2. The van der Waals surface area contributed by atoms with Gasteiger partial charge in [0.2, 0.25) is 0 Å². The van der Waals surface area contributed by atoms with Crippen molar-refractivity contribution in [3.05, 3.63) is 40.9 Å². The Morgan fingerprint density at radius 1 is 1.00 bits per heavy atom. The van der Waals surface area contributed by atoms with Crippen molar-refractivity contribution in [2.45, 2.75) is 6.42 Å². The molecular formula is C15H15BrN2O2. The van der Waals surface area contributed by atoms with E-state index in [1.54, 1.807) is 0 Å². The minimum Gasteiger partial charge on any atom is -0.490 e. The summed E-state index contributed by atoms with van der Waals surface area (Å²) in [5.74, 6) is 1.55. The van der Waals surface area contributed by atoms with Crippen LogP contribution in [0, 0.1) is 0 Å². The molecule has 0 unspecified atom stereocenters. The van der Waals surface area contributed by atoms with Crippen LogP contribution in [-0.4, -0.2) is 13.2 Å². The number of halogens is 1. The summed E-state index contributed by atoms with van der Waals surface area (Å²) in [4.78, 5) is 0. The fourth-order valence-electron chi connectivity index (χ4n) is 2.03. The van der Waals surface area contributed by atoms with Crippen molar-refractivity contribution in [3.8, 4) is 11.5 Å². The van der Waals surface area contributed by atoms with E-state index in [-0.39, 0.29) is 0 Å². The summed E-state index contributed by atoms with van der Waals surface area (Å²) in [6.45, 7) is 1.37. The standard InChI is InChI=1S/C15H15BrN2O2/c16-10-2-4-12(17)13(8-10)18-11-3-5-14-15(9-11)20-7-1-6-19-14/h2-5,8-9,18H,1,6-7,17H2. The van der Waals surface area contributed by atoms with Gasteiger partial charge in [-0.3, -0.25) is 0 Å². The average Bonchev–Trinajstić information content (AvgIpc) is 2.67. The molecule has 0 aliphatic carbocycles. The highest BCUT2D eigenvalue weighted by Crippen LogP contribution is 2.34. The van der Waals surface area contributed by atoms with E-state index in [0.29, 0.717) is 18.9 Å². The number of nitrogens with one attached hydrogen (secondary N) is 1. The fourth-order valence-corrected chi connectivity index (χ4v) is 2.39. The number of nitrogen functional groups attached to an aromatic ring is 1. The van der Waals surface area contributed by atoms with E-state index in [9.17, 15) is 0 Å². The maximum atomic E-state index is 5.96. The number of hydrogen-bond donors (Lipinski definition) is 2. The predicted octanol–water partition coefficient (Wildman–Crippen LogP) is 3.94. The molecule has 0 saturated carbocycles. The van der Waals surface area contributed by atoms with Crippen molar-refractivity contribution in [1.82, 2.24) is 0 Å². The van der Waals surface area contributed by atoms with E-state index >= 15 is 0 Å². The third-order valence-corrected chi connectivity index (χ3v) is 3.54. The molecule has 5 heteroatoms. The highest BCUT2D eigenvalue weighted by molar-refractivity contribution is 9.10. The molecule has 104 valence electrons. The molecule has 1 heterocycles. The van der Waals surface area contributed by atoms with E-state index in [0.717, 1.165) is 33.8 Å². The zero-order chi connectivity index (χ0) is 13.9. The van der Waals surface area contributed by atoms with Crippen LogP contribution in [0.3, 0.4) is 0 Å². The Labute approximate surface area is 126 Å². The second kappa shape index (κ2) is 5.63. The number of hydrogen-bond acceptors (Lipinski definition) is 4. The summed E-state index contributed by atoms with van der Waals surface area (Å²) in [7, 11) is 0. The molecule has 2 aromatic carbocycles. The minimum absolute atomic E-state index is 0.676. The van der Waals surface area contributed by atoms with Crippen LogP contribution < -0.4 is 20.5 Å². The van der Waals surface area contributed by atoms with Gasteiger partial charge < -0.3 is 20.5 Å². The maximum Gasteiger partial charge on any atom is 0.163 e. The van der Waals surface area contributed by atoms with Gasteiger partial charge in [-0.05, 0) is 30.3 Å².